The third-order valence-corrected chi connectivity index (χ3v) is 9.19. The second kappa shape index (κ2) is 11.2. The molecule has 3 aliphatic carbocycles. The highest BCUT2D eigenvalue weighted by Gasteiger charge is 2.36. The van der Waals surface area contributed by atoms with E-state index in [4.69, 9.17) is 0 Å². The lowest BCUT2D eigenvalue weighted by Crippen LogP contribution is -2.30. The molecule has 30 heavy (non-hydrogen) atoms. The van der Waals surface area contributed by atoms with Crippen LogP contribution >= 0.6 is 0 Å². The van der Waals surface area contributed by atoms with Gasteiger partial charge in [0.05, 0.1) is 0 Å². The zero-order valence-corrected chi connectivity index (χ0v) is 20.1. The van der Waals surface area contributed by atoms with Crippen LogP contribution in [-0.4, -0.2) is 0 Å². The first-order valence-electron chi connectivity index (χ1n) is 13.9. The lowest BCUT2D eigenvalue weighted by Gasteiger charge is -2.42. The minimum atomic E-state index is 0.857. The molecule has 0 aliphatic heterocycles. The van der Waals surface area contributed by atoms with Crippen LogP contribution in [0.5, 0.6) is 0 Å². The molecule has 0 N–H and O–H groups in total. The van der Waals surface area contributed by atoms with Gasteiger partial charge in [0.25, 0.3) is 0 Å². The number of hydrogen-bond acceptors (Lipinski definition) is 0. The molecule has 5 unspecified atom stereocenters. The normalized spacial score (nSPS) is 31.2. The second-order valence-electron chi connectivity index (χ2n) is 11.3. The molecule has 0 heteroatoms. The third kappa shape index (κ3) is 5.72. The minimum Gasteiger partial charge on any atom is -0.0654 e. The second-order valence-corrected chi connectivity index (χ2v) is 11.3. The molecule has 2 saturated carbocycles. The van der Waals surface area contributed by atoms with Crippen molar-refractivity contribution in [2.75, 3.05) is 0 Å². The van der Waals surface area contributed by atoms with Gasteiger partial charge in [-0.3, -0.25) is 0 Å². The minimum absolute atomic E-state index is 0.857. The Kier molecular flexibility index (Phi) is 8.36. The first kappa shape index (κ1) is 22.4. The van der Waals surface area contributed by atoms with Gasteiger partial charge in [0.15, 0.2) is 0 Å². The summed E-state index contributed by atoms with van der Waals surface area (Å²) in [5.41, 5.74) is 5.10. The molecule has 3 aliphatic rings. The predicted octanol–water partition coefficient (Wildman–Crippen LogP) is 9.25. The fraction of sp³-hybridized carbons (Fsp3) is 0.800. The Balaban J connectivity index is 1.29. The Hall–Kier alpha value is -0.780. The summed E-state index contributed by atoms with van der Waals surface area (Å²) >= 11 is 0. The van der Waals surface area contributed by atoms with Gasteiger partial charge in [-0.1, -0.05) is 89.8 Å². The van der Waals surface area contributed by atoms with Gasteiger partial charge in [-0.25, -0.2) is 0 Å². The van der Waals surface area contributed by atoms with Crippen LogP contribution in [-0.2, 0) is 12.8 Å². The zero-order valence-electron chi connectivity index (χ0n) is 20.1. The van der Waals surface area contributed by atoms with Crippen LogP contribution in [0.15, 0.2) is 18.2 Å². The molecule has 0 spiro atoms. The van der Waals surface area contributed by atoms with Gasteiger partial charge in [-0.15, -0.1) is 0 Å². The maximum Gasteiger partial charge on any atom is -0.0159 e. The summed E-state index contributed by atoms with van der Waals surface area (Å²) in [6.45, 7) is 4.67. The Morgan fingerprint density at radius 2 is 1.50 bits per heavy atom. The van der Waals surface area contributed by atoms with Crippen molar-refractivity contribution in [3.05, 3.63) is 34.9 Å². The number of benzene rings is 1. The molecule has 0 amide bonds. The van der Waals surface area contributed by atoms with E-state index in [-0.39, 0.29) is 0 Å². The lowest BCUT2D eigenvalue weighted by atomic mass is 9.63. The molecule has 0 aromatic heterocycles. The maximum absolute atomic E-state index is 2.65. The average Bonchev–Trinajstić information content (AvgIpc) is 2.79. The summed E-state index contributed by atoms with van der Waals surface area (Å²) in [5, 5.41) is 0. The molecule has 168 valence electrons. The molecule has 0 nitrogen and oxygen atoms in total. The Labute approximate surface area is 187 Å². The van der Waals surface area contributed by atoms with Gasteiger partial charge in [0.2, 0.25) is 0 Å². The molecule has 5 atom stereocenters. The van der Waals surface area contributed by atoms with E-state index in [1.54, 1.807) is 23.1 Å². The van der Waals surface area contributed by atoms with Crippen molar-refractivity contribution in [3.63, 3.8) is 0 Å². The fourth-order valence-corrected chi connectivity index (χ4v) is 7.25. The maximum atomic E-state index is 2.65. The summed E-state index contributed by atoms with van der Waals surface area (Å²) in [7, 11) is 0. The number of hydrogen-bond donors (Lipinski definition) is 0. The topological polar surface area (TPSA) is 0 Å². The first-order valence-corrected chi connectivity index (χ1v) is 13.9. The van der Waals surface area contributed by atoms with Crippen molar-refractivity contribution < 1.29 is 0 Å². The monoisotopic (exact) mass is 408 g/mol. The van der Waals surface area contributed by atoms with Crippen molar-refractivity contribution in [1.29, 1.82) is 0 Å². The van der Waals surface area contributed by atoms with Crippen molar-refractivity contribution in [2.24, 2.45) is 23.7 Å². The van der Waals surface area contributed by atoms with Crippen molar-refractivity contribution in [1.82, 2.24) is 0 Å². The van der Waals surface area contributed by atoms with E-state index >= 15 is 0 Å². The molecule has 0 radical (unpaired) electrons. The summed E-state index contributed by atoms with van der Waals surface area (Å²) < 4.78 is 0. The molecule has 0 saturated heterocycles. The molecule has 0 heterocycles. The van der Waals surface area contributed by atoms with Crippen LogP contribution in [0.4, 0.5) is 0 Å². The molecule has 2 fully saturated rings. The number of unbranched alkanes of at least 4 members (excludes halogenated alkanes) is 4. The summed E-state index contributed by atoms with van der Waals surface area (Å²) in [6.07, 6.45) is 24.7. The molecular formula is C30H48. The molecular weight excluding hydrogens is 360 g/mol. The SMILES string of the molecule is CCCCCCC1CCc2cc(C3CCC4CC(CCCC)CCC4C3)ccc2C1. The number of rotatable bonds is 9. The largest absolute Gasteiger partial charge is 0.0654 e. The summed E-state index contributed by atoms with van der Waals surface area (Å²) in [5.74, 6) is 4.96. The van der Waals surface area contributed by atoms with E-state index in [0.29, 0.717) is 0 Å². The van der Waals surface area contributed by atoms with Gasteiger partial charge >= 0.3 is 0 Å². The van der Waals surface area contributed by atoms with Crippen molar-refractivity contribution >= 4 is 0 Å². The third-order valence-electron chi connectivity index (χ3n) is 9.19. The van der Waals surface area contributed by atoms with E-state index in [1.165, 1.54) is 103 Å². The molecule has 1 aromatic carbocycles. The number of fused-ring (bicyclic) bond motifs is 2. The molecule has 4 rings (SSSR count). The van der Waals surface area contributed by atoms with E-state index in [0.717, 1.165) is 29.6 Å². The van der Waals surface area contributed by atoms with Crippen molar-refractivity contribution in [2.45, 2.75) is 129 Å². The smallest absolute Gasteiger partial charge is 0.0159 e. The van der Waals surface area contributed by atoms with Crippen LogP contribution in [0.2, 0.25) is 0 Å². The summed E-state index contributed by atoms with van der Waals surface area (Å²) in [6, 6.07) is 7.73. The Morgan fingerprint density at radius 1 is 0.700 bits per heavy atom. The summed E-state index contributed by atoms with van der Waals surface area (Å²) in [4.78, 5) is 0. The van der Waals surface area contributed by atoms with Crippen LogP contribution in [0.3, 0.4) is 0 Å². The van der Waals surface area contributed by atoms with E-state index in [9.17, 15) is 0 Å². The average molecular weight is 409 g/mol. The first-order chi connectivity index (χ1) is 14.8. The number of aryl methyl sites for hydroxylation is 1. The van der Waals surface area contributed by atoms with E-state index in [2.05, 4.69) is 32.0 Å². The van der Waals surface area contributed by atoms with Gasteiger partial charge < -0.3 is 0 Å². The zero-order chi connectivity index (χ0) is 20.8. The van der Waals surface area contributed by atoms with Gasteiger partial charge in [0.1, 0.15) is 0 Å². The van der Waals surface area contributed by atoms with Crippen LogP contribution in [0, 0.1) is 23.7 Å². The molecule has 1 aromatic rings. The van der Waals surface area contributed by atoms with Crippen LogP contribution < -0.4 is 0 Å². The van der Waals surface area contributed by atoms with Crippen LogP contribution in [0.1, 0.15) is 133 Å². The lowest BCUT2D eigenvalue weighted by molar-refractivity contribution is 0.113. The molecule has 0 bridgehead atoms. The highest BCUT2D eigenvalue weighted by Crippen LogP contribution is 2.48. The quantitative estimate of drug-likeness (QED) is 0.357. The highest BCUT2D eigenvalue weighted by atomic mass is 14.4. The van der Waals surface area contributed by atoms with E-state index < -0.39 is 0 Å². The van der Waals surface area contributed by atoms with Gasteiger partial charge in [-0.05, 0) is 97.6 Å². The standard InChI is InChI=1S/C30H48/c1-3-5-7-8-10-24-12-14-28-22-30(18-16-26(28)20-24)29-17-15-25-19-23(9-6-4-2)11-13-27(25)21-29/h16,18,22-25,27,29H,3-15,17,19-21H2,1-2H3. The van der Waals surface area contributed by atoms with Gasteiger partial charge in [0, 0.05) is 0 Å². The highest BCUT2D eigenvalue weighted by molar-refractivity contribution is 5.36. The van der Waals surface area contributed by atoms with E-state index in [1.807, 2.05) is 0 Å². The van der Waals surface area contributed by atoms with Crippen LogP contribution in [0.25, 0.3) is 0 Å². The predicted molar refractivity (Wildman–Crippen MR) is 131 cm³/mol. The van der Waals surface area contributed by atoms with Gasteiger partial charge in [-0.2, -0.15) is 0 Å². The Bertz CT molecular complexity index is 643. The fourth-order valence-electron chi connectivity index (χ4n) is 7.25. The Morgan fingerprint density at radius 3 is 2.37 bits per heavy atom. The van der Waals surface area contributed by atoms with Crippen molar-refractivity contribution in [3.8, 4) is 0 Å².